The van der Waals surface area contributed by atoms with E-state index >= 15 is 0 Å². The lowest BCUT2D eigenvalue weighted by Gasteiger charge is -2.42. The molecule has 1 N–H and O–H groups in total. The van der Waals surface area contributed by atoms with Gasteiger partial charge in [0.15, 0.2) is 0 Å². The summed E-state index contributed by atoms with van der Waals surface area (Å²) in [6.45, 7) is 6.97. The number of nitro benzene ring substituents is 1. The van der Waals surface area contributed by atoms with Gasteiger partial charge in [0, 0.05) is 43.3 Å². The van der Waals surface area contributed by atoms with Crippen molar-refractivity contribution in [2.75, 3.05) is 13.1 Å². The molecule has 5 nitrogen and oxygen atoms in total. The third kappa shape index (κ3) is 2.86. The van der Waals surface area contributed by atoms with Crippen molar-refractivity contribution in [1.29, 1.82) is 0 Å². The minimum Gasteiger partial charge on any atom is -0.307 e. The fourth-order valence-corrected chi connectivity index (χ4v) is 2.16. The normalized spacial score (nSPS) is 16.8. The molecule has 1 aromatic rings. The number of nitrogens with one attached hydrogen (secondary N) is 1. The maximum Gasteiger partial charge on any atom is 0.273 e. The summed E-state index contributed by atoms with van der Waals surface area (Å²) in [6, 6.07) is 7.93. The SMILES string of the molecule is CC(C)N1CC(NCc2ccccc2[N+](=O)[O-])C1. The lowest BCUT2D eigenvalue weighted by Crippen LogP contribution is -2.59. The highest BCUT2D eigenvalue weighted by atomic mass is 16.6. The van der Waals surface area contributed by atoms with Crippen LogP contribution >= 0.6 is 0 Å². The van der Waals surface area contributed by atoms with E-state index in [-0.39, 0.29) is 10.6 Å². The molecule has 0 spiro atoms. The van der Waals surface area contributed by atoms with Gasteiger partial charge in [0.25, 0.3) is 5.69 Å². The van der Waals surface area contributed by atoms with Crippen molar-refractivity contribution in [2.24, 2.45) is 0 Å². The second-order valence-corrected chi connectivity index (χ2v) is 5.01. The van der Waals surface area contributed by atoms with E-state index in [1.807, 2.05) is 12.1 Å². The first-order valence-corrected chi connectivity index (χ1v) is 6.27. The van der Waals surface area contributed by atoms with Crippen LogP contribution in [0.5, 0.6) is 0 Å². The molecule has 0 radical (unpaired) electrons. The highest BCUT2D eigenvalue weighted by Crippen LogP contribution is 2.18. The highest BCUT2D eigenvalue weighted by molar-refractivity contribution is 5.39. The van der Waals surface area contributed by atoms with Gasteiger partial charge < -0.3 is 5.32 Å². The number of hydrogen-bond acceptors (Lipinski definition) is 4. The molecule has 0 amide bonds. The molecule has 0 aliphatic carbocycles. The van der Waals surface area contributed by atoms with Crippen LogP contribution in [-0.2, 0) is 6.54 Å². The predicted octanol–water partition coefficient (Wildman–Crippen LogP) is 1.78. The average molecular weight is 249 g/mol. The molecule has 98 valence electrons. The monoisotopic (exact) mass is 249 g/mol. The zero-order chi connectivity index (χ0) is 13.1. The highest BCUT2D eigenvalue weighted by Gasteiger charge is 2.28. The van der Waals surface area contributed by atoms with Crippen molar-refractivity contribution in [3.8, 4) is 0 Å². The molecule has 0 aromatic heterocycles. The fourth-order valence-electron chi connectivity index (χ4n) is 2.16. The van der Waals surface area contributed by atoms with E-state index in [9.17, 15) is 10.1 Å². The van der Waals surface area contributed by atoms with Gasteiger partial charge >= 0.3 is 0 Å². The Morgan fingerprint density at radius 2 is 2.11 bits per heavy atom. The summed E-state index contributed by atoms with van der Waals surface area (Å²) < 4.78 is 0. The van der Waals surface area contributed by atoms with Crippen LogP contribution in [-0.4, -0.2) is 35.0 Å². The number of likely N-dealkylation sites (tertiary alicyclic amines) is 1. The number of benzene rings is 1. The minimum absolute atomic E-state index is 0.199. The molecular weight excluding hydrogens is 230 g/mol. The Balaban J connectivity index is 1.86. The van der Waals surface area contributed by atoms with Crippen molar-refractivity contribution in [1.82, 2.24) is 10.2 Å². The van der Waals surface area contributed by atoms with E-state index in [2.05, 4.69) is 24.1 Å². The zero-order valence-electron chi connectivity index (χ0n) is 10.8. The van der Waals surface area contributed by atoms with Crippen molar-refractivity contribution < 1.29 is 4.92 Å². The standard InChI is InChI=1S/C13H19N3O2/c1-10(2)15-8-12(9-15)14-7-11-5-3-4-6-13(11)16(17)18/h3-6,10,12,14H,7-9H2,1-2H3. The fraction of sp³-hybridized carbons (Fsp3) is 0.538. The first-order valence-electron chi connectivity index (χ1n) is 6.27. The summed E-state index contributed by atoms with van der Waals surface area (Å²) in [6.07, 6.45) is 0. The molecular formula is C13H19N3O2. The van der Waals surface area contributed by atoms with Gasteiger partial charge in [0.1, 0.15) is 0 Å². The van der Waals surface area contributed by atoms with Gasteiger partial charge in [0.2, 0.25) is 0 Å². The molecule has 5 heteroatoms. The van der Waals surface area contributed by atoms with Crippen LogP contribution in [0.25, 0.3) is 0 Å². The molecule has 0 saturated carbocycles. The number of para-hydroxylation sites is 1. The van der Waals surface area contributed by atoms with Crippen LogP contribution in [0.4, 0.5) is 5.69 Å². The molecule has 18 heavy (non-hydrogen) atoms. The second kappa shape index (κ2) is 5.46. The van der Waals surface area contributed by atoms with Crippen molar-refractivity contribution >= 4 is 5.69 Å². The van der Waals surface area contributed by atoms with Crippen LogP contribution in [0, 0.1) is 10.1 Å². The summed E-state index contributed by atoms with van der Waals surface area (Å²) in [5.74, 6) is 0. The Morgan fingerprint density at radius 3 is 2.72 bits per heavy atom. The summed E-state index contributed by atoms with van der Waals surface area (Å²) in [7, 11) is 0. The molecule has 0 unspecified atom stereocenters. The number of rotatable bonds is 5. The van der Waals surface area contributed by atoms with E-state index in [0.29, 0.717) is 18.6 Å². The molecule has 0 bridgehead atoms. The first kappa shape index (κ1) is 13.0. The smallest absolute Gasteiger partial charge is 0.273 e. The van der Waals surface area contributed by atoms with E-state index in [1.165, 1.54) is 0 Å². The van der Waals surface area contributed by atoms with Crippen LogP contribution in [0.3, 0.4) is 0 Å². The molecule has 1 saturated heterocycles. The van der Waals surface area contributed by atoms with Crippen LogP contribution < -0.4 is 5.32 Å². The summed E-state index contributed by atoms with van der Waals surface area (Å²) in [5.41, 5.74) is 0.954. The summed E-state index contributed by atoms with van der Waals surface area (Å²) in [4.78, 5) is 12.9. The van der Waals surface area contributed by atoms with E-state index < -0.39 is 0 Å². The second-order valence-electron chi connectivity index (χ2n) is 5.01. The van der Waals surface area contributed by atoms with Crippen molar-refractivity contribution in [3.05, 3.63) is 39.9 Å². The molecule has 0 atom stereocenters. The first-order chi connectivity index (χ1) is 8.58. The molecule has 1 fully saturated rings. The molecule has 1 aliphatic heterocycles. The molecule has 1 heterocycles. The van der Waals surface area contributed by atoms with E-state index in [0.717, 1.165) is 18.7 Å². The van der Waals surface area contributed by atoms with Gasteiger partial charge in [0.05, 0.1) is 4.92 Å². The molecule has 2 rings (SSSR count). The summed E-state index contributed by atoms with van der Waals surface area (Å²) >= 11 is 0. The lowest BCUT2D eigenvalue weighted by atomic mass is 10.1. The third-order valence-corrected chi connectivity index (χ3v) is 3.41. The minimum atomic E-state index is -0.321. The zero-order valence-corrected chi connectivity index (χ0v) is 10.8. The number of nitro groups is 1. The third-order valence-electron chi connectivity index (χ3n) is 3.41. The quantitative estimate of drug-likeness (QED) is 0.638. The van der Waals surface area contributed by atoms with Gasteiger partial charge in [-0.05, 0) is 13.8 Å². The summed E-state index contributed by atoms with van der Waals surface area (Å²) in [5, 5.41) is 14.2. The Kier molecular flexibility index (Phi) is 3.93. The van der Waals surface area contributed by atoms with Gasteiger partial charge in [-0.15, -0.1) is 0 Å². The van der Waals surface area contributed by atoms with Crippen LogP contribution in [0.2, 0.25) is 0 Å². The Labute approximate surface area is 107 Å². The number of nitrogens with zero attached hydrogens (tertiary/aromatic N) is 2. The molecule has 1 aromatic carbocycles. The van der Waals surface area contributed by atoms with Gasteiger partial charge in [-0.1, -0.05) is 18.2 Å². The van der Waals surface area contributed by atoms with Crippen LogP contribution in [0.15, 0.2) is 24.3 Å². The van der Waals surface area contributed by atoms with Crippen LogP contribution in [0.1, 0.15) is 19.4 Å². The topological polar surface area (TPSA) is 58.4 Å². The van der Waals surface area contributed by atoms with Gasteiger partial charge in [-0.3, -0.25) is 15.0 Å². The molecule has 1 aliphatic rings. The lowest BCUT2D eigenvalue weighted by molar-refractivity contribution is -0.385. The Hall–Kier alpha value is -1.46. The van der Waals surface area contributed by atoms with Crippen molar-refractivity contribution in [3.63, 3.8) is 0 Å². The maximum absolute atomic E-state index is 10.9. The van der Waals surface area contributed by atoms with Crippen molar-refractivity contribution in [2.45, 2.75) is 32.5 Å². The Bertz CT molecular complexity index is 428. The van der Waals surface area contributed by atoms with Gasteiger partial charge in [-0.25, -0.2) is 0 Å². The maximum atomic E-state index is 10.9. The van der Waals surface area contributed by atoms with E-state index in [4.69, 9.17) is 0 Å². The Morgan fingerprint density at radius 1 is 1.44 bits per heavy atom. The predicted molar refractivity (Wildman–Crippen MR) is 70.4 cm³/mol. The van der Waals surface area contributed by atoms with E-state index in [1.54, 1.807) is 12.1 Å². The number of hydrogen-bond donors (Lipinski definition) is 1. The largest absolute Gasteiger partial charge is 0.307 e. The van der Waals surface area contributed by atoms with Gasteiger partial charge in [-0.2, -0.15) is 0 Å². The average Bonchev–Trinajstić information content (AvgIpc) is 2.26.